The summed E-state index contributed by atoms with van der Waals surface area (Å²) in [5.41, 5.74) is 16.4. The molecule has 0 atom stereocenters. The van der Waals surface area contributed by atoms with Gasteiger partial charge in [0.25, 0.3) is 0 Å². The summed E-state index contributed by atoms with van der Waals surface area (Å²) in [6.07, 6.45) is 0. The average molecular weight is 683 g/mol. The highest BCUT2D eigenvalue weighted by Gasteiger charge is 2.36. The molecule has 0 saturated heterocycles. The fourth-order valence-electron chi connectivity index (χ4n) is 8.57. The largest absolute Gasteiger partial charge is 0.437 e. The van der Waals surface area contributed by atoms with E-state index in [0.717, 1.165) is 61.8 Å². The van der Waals surface area contributed by atoms with Crippen molar-refractivity contribution in [3.63, 3.8) is 0 Å². The van der Waals surface area contributed by atoms with Crippen molar-refractivity contribution in [3.05, 3.63) is 181 Å². The van der Waals surface area contributed by atoms with E-state index in [4.69, 9.17) is 9.40 Å². The number of nitrogens with zero attached hydrogens (tertiary/aromatic N) is 4. The zero-order valence-corrected chi connectivity index (χ0v) is 29.4. The van der Waals surface area contributed by atoms with Gasteiger partial charge in [-0.1, -0.05) is 117 Å². The highest BCUT2D eigenvalue weighted by Crippen LogP contribution is 2.51. The Hall–Kier alpha value is -6.85. The molecule has 0 radical (unpaired) electrons. The Balaban J connectivity index is 1.12. The lowest BCUT2D eigenvalue weighted by Crippen LogP contribution is -2.16. The Labute approximate surface area is 306 Å². The van der Waals surface area contributed by atoms with Gasteiger partial charge in [-0.15, -0.1) is 0 Å². The third-order valence-electron chi connectivity index (χ3n) is 11.1. The van der Waals surface area contributed by atoms with E-state index < -0.39 is 0 Å². The van der Waals surface area contributed by atoms with Crippen molar-refractivity contribution >= 4 is 56.1 Å². The van der Waals surface area contributed by atoms with Crippen LogP contribution in [0.2, 0.25) is 0 Å². The quantitative estimate of drug-likeness (QED) is 0.181. The minimum Gasteiger partial charge on any atom is -0.437 e. The molecule has 10 aromatic rings. The van der Waals surface area contributed by atoms with Crippen molar-refractivity contribution in [2.45, 2.75) is 19.3 Å². The van der Waals surface area contributed by atoms with Crippen molar-refractivity contribution in [3.8, 4) is 27.9 Å². The minimum absolute atomic E-state index is 0.120. The average Bonchev–Trinajstić information content (AvgIpc) is 3.91. The molecule has 252 valence electrons. The van der Waals surface area contributed by atoms with E-state index in [9.17, 15) is 0 Å². The Morgan fingerprint density at radius 2 is 1.21 bits per heavy atom. The molecule has 0 fully saturated rings. The second-order valence-corrected chi connectivity index (χ2v) is 14.5. The number of para-hydroxylation sites is 2. The molecular weight excluding hydrogens is 649 g/mol. The van der Waals surface area contributed by atoms with E-state index >= 15 is 0 Å². The van der Waals surface area contributed by atoms with Gasteiger partial charge in [-0.25, -0.2) is 9.38 Å². The molecule has 0 saturated carbocycles. The summed E-state index contributed by atoms with van der Waals surface area (Å²) in [6, 6.07) is 60.5. The van der Waals surface area contributed by atoms with Gasteiger partial charge in [-0.2, -0.15) is 0 Å². The summed E-state index contributed by atoms with van der Waals surface area (Å²) in [7, 11) is 0. The van der Waals surface area contributed by atoms with Gasteiger partial charge in [0, 0.05) is 33.6 Å². The van der Waals surface area contributed by atoms with Crippen LogP contribution in [0, 0.1) is 0 Å². The van der Waals surface area contributed by atoms with E-state index in [0.29, 0.717) is 0 Å². The van der Waals surface area contributed by atoms with Crippen molar-refractivity contribution in [1.82, 2.24) is 14.0 Å². The van der Waals surface area contributed by atoms with Crippen molar-refractivity contribution in [2.24, 2.45) is 0 Å². The Bertz CT molecular complexity index is 3020. The zero-order valence-electron chi connectivity index (χ0n) is 29.4. The van der Waals surface area contributed by atoms with E-state index in [-0.39, 0.29) is 5.41 Å². The van der Waals surface area contributed by atoms with E-state index in [1.165, 1.54) is 33.4 Å². The molecule has 11 rings (SSSR count). The van der Waals surface area contributed by atoms with Crippen molar-refractivity contribution < 1.29 is 4.42 Å². The molecule has 1 aliphatic carbocycles. The number of hydrogen-bond donors (Lipinski definition) is 0. The van der Waals surface area contributed by atoms with Crippen LogP contribution in [0.3, 0.4) is 0 Å². The summed E-state index contributed by atoms with van der Waals surface area (Å²) >= 11 is 0. The molecule has 0 spiro atoms. The highest BCUT2D eigenvalue weighted by molar-refractivity contribution is 6.06. The molecule has 0 aliphatic heterocycles. The van der Waals surface area contributed by atoms with Crippen LogP contribution in [0.5, 0.6) is 0 Å². The van der Waals surface area contributed by atoms with Crippen LogP contribution in [-0.2, 0) is 5.41 Å². The number of benzene rings is 7. The van der Waals surface area contributed by atoms with E-state index in [1.807, 2.05) is 18.2 Å². The van der Waals surface area contributed by atoms with Gasteiger partial charge in [-0.05, 0) is 100 Å². The van der Waals surface area contributed by atoms with Crippen molar-refractivity contribution in [1.29, 1.82) is 0 Å². The van der Waals surface area contributed by atoms with Crippen LogP contribution >= 0.6 is 0 Å². The smallest absolute Gasteiger partial charge is 0.232 e. The lowest BCUT2D eigenvalue weighted by atomic mass is 9.82. The lowest BCUT2D eigenvalue weighted by Gasteiger charge is -2.28. The topological polar surface area (TPSA) is 38.6 Å². The van der Waals surface area contributed by atoms with Crippen LogP contribution in [0.25, 0.3) is 67.0 Å². The van der Waals surface area contributed by atoms with Gasteiger partial charge in [-0.3, -0.25) is 4.57 Å². The lowest BCUT2D eigenvalue weighted by molar-refractivity contribution is 0.651. The molecule has 1 aliphatic rings. The van der Waals surface area contributed by atoms with Gasteiger partial charge in [0.2, 0.25) is 11.5 Å². The number of fused-ring (bicyclic) bond motifs is 10. The minimum atomic E-state index is -0.120. The van der Waals surface area contributed by atoms with Crippen molar-refractivity contribution in [2.75, 3.05) is 4.90 Å². The monoisotopic (exact) mass is 682 g/mol. The first-order valence-corrected chi connectivity index (χ1v) is 18.1. The van der Waals surface area contributed by atoms with Gasteiger partial charge in [0.1, 0.15) is 11.1 Å². The fourth-order valence-corrected chi connectivity index (χ4v) is 8.57. The zero-order chi connectivity index (χ0) is 35.3. The number of aromatic nitrogens is 3. The van der Waals surface area contributed by atoms with Gasteiger partial charge >= 0.3 is 0 Å². The second-order valence-electron chi connectivity index (χ2n) is 14.5. The second kappa shape index (κ2) is 11.1. The van der Waals surface area contributed by atoms with Gasteiger partial charge < -0.3 is 9.32 Å². The molecule has 0 unspecified atom stereocenters. The molecule has 0 bridgehead atoms. The molecule has 53 heavy (non-hydrogen) atoms. The normalized spacial score (nSPS) is 13.2. The first kappa shape index (κ1) is 29.8. The third kappa shape index (κ3) is 4.34. The maximum Gasteiger partial charge on any atom is 0.232 e. The summed E-state index contributed by atoms with van der Waals surface area (Å²) in [5, 5.41) is 1.06. The molecule has 0 amide bonds. The van der Waals surface area contributed by atoms with Gasteiger partial charge in [0.05, 0.1) is 11.0 Å². The molecule has 7 aromatic carbocycles. The molecule has 5 nitrogen and oxygen atoms in total. The summed E-state index contributed by atoms with van der Waals surface area (Å²) < 4.78 is 11.0. The standard InChI is InChI=1S/C48H34N4O/c1-48(2)40-19-11-9-17-37(40)38-27-25-35(29-41(38)48)50(34-23-21-32(22-24-34)31-13-5-3-6-14-31)36-26-28-43-42(30-36)49-47-51(33-15-7-4-8-16-33)45-39-18-10-12-20-44(39)53-46(45)52(43)47/h3-30H,1-2H3. The summed E-state index contributed by atoms with van der Waals surface area (Å²) in [5.74, 6) is 0.818. The van der Waals surface area contributed by atoms with Crippen LogP contribution in [0.1, 0.15) is 25.0 Å². The molecular formula is C48H34N4O. The summed E-state index contributed by atoms with van der Waals surface area (Å²) in [4.78, 5) is 7.70. The first-order chi connectivity index (χ1) is 26.0. The predicted molar refractivity (Wildman–Crippen MR) is 217 cm³/mol. The molecule has 0 N–H and O–H groups in total. The summed E-state index contributed by atoms with van der Waals surface area (Å²) in [6.45, 7) is 4.67. The number of anilines is 3. The fraction of sp³-hybridized carbons (Fsp3) is 0.0625. The maximum absolute atomic E-state index is 6.58. The molecule has 5 heteroatoms. The highest BCUT2D eigenvalue weighted by atomic mass is 16.3. The van der Waals surface area contributed by atoms with E-state index in [1.54, 1.807) is 0 Å². The Kier molecular flexibility index (Phi) is 6.23. The maximum atomic E-state index is 6.58. The third-order valence-corrected chi connectivity index (χ3v) is 11.1. The Morgan fingerprint density at radius 3 is 2.04 bits per heavy atom. The first-order valence-electron chi connectivity index (χ1n) is 18.1. The van der Waals surface area contributed by atoms with Crippen LogP contribution in [0.4, 0.5) is 17.1 Å². The number of furan rings is 1. The number of imidazole rings is 2. The van der Waals surface area contributed by atoms with Gasteiger partial charge in [0.15, 0.2) is 0 Å². The number of hydrogen-bond acceptors (Lipinski definition) is 3. The molecule has 3 aromatic heterocycles. The predicted octanol–water partition coefficient (Wildman–Crippen LogP) is 12.6. The Morgan fingerprint density at radius 1 is 0.566 bits per heavy atom. The SMILES string of the molecule is CC1(C)c2ccccc2-c2ccc(N(c3ccc(-c4ccccc4)cc3)c3ccc4c(c3)nc3n(-c5ccccc5)c5c6ccccc6oc5n43)cc21. The molecule has 3 heterocycles. The van der Waals surface area contributed by atoms with Crippen LogP contribution < -0.4 is 4.90 Å². The van der Waals surface area contributed by atoms with Crippen LogP contribution in [0.15, 0.2) is 174 Å². The van der Waals surface area contributed by atoms with Crippen LogP contribution in [-0.4, -0.2) is 14.0 Å². The van der Waals surface area contributed by atoms with E-state index in [2.05, 4.69) is 179 Å². The number of rotatable bonds is 5.